The first-order chi connectivity index (χ1) is 16.0. The number of hydrogen-bond donors (Lipinski definition) is 2. The normalized spacial score (nSPS) is 19.3. The maximum atomic E-state index is 14.1. The quantitative estimate of drug-likeness (QED) is 0.515. The van der Waals surface area contributed by atoms with Gasteiger partial charge in [-0.15, -0.1) is 0 Å². The highest BCUT2D eigenvalue weighted by atomic mass is 35.5. The first kappa shape index (κ1) is 23.6. The van der Waals surface area contributed by atoms with E-state index < -0.39 is 18.3 Å². The molecule has 1 fully saturated rings. The Morgan fingerprint density at radius 3 is 2.82 bits per heavy atom. The lowest BCUT2D eigenvalue weighted by atomic mass is 10.0. The lowest BCUT2D eigenvalue weighted by molar-refractivity contribution is 0.0284. The summed E-state index contributed by atoms with van der Waals surface area (Å²) in [6, 6.07) is 9.23. The highest BCUT2D eigenvalue weighted by molar-refractivity contribution is 6.42. The molecule has 0 aliphatic carbocycles. The number of ether oxygens (including phenoxy) is 1. The Hall–Kier alpha value is -2.52. The SMILES string of the molecule is O=c1cc(-c2ccnc(N[C@H]3CCOC[C@H]3F)n2)ccn1[C@H](CCO)c1ccc(Cl)c(Cl)c1. The number of rotatable bonds is 7. The molecule has 0 saturated carbocycles. The van der Waals surface area contributed by atoms with Crippen LogP contribution in [0.4, 0.5) is 10.3 Å². The predicted molar refractivity (Wildman–Crippen MR) is 126 cm³/mol. The van der Waals surface area contributed by atoms with Crippen LogP contribution in [-0.4, -0.2) is 51.7 Å². The second-order valence-electron chi connectivity index (χ2n) is 7.76. The number of halogens is 3. The van der Waals surface area contributed by atoms with Crippen molar-refractivity contribution in [3.63, 3.8) is 0 Å². The smallest absolute Gasteiger partial charge is 0.251 e. The summed E-state index contributed by atoms with van der Waals surface area (Å²) in [5.41, 5.74) is 1.63. The molecular weight excluding hydrogens is 470 g/mol. The van der Waals surface area contributed by atoms with Crippen LogP contribution in [0.3, 0.4) is 0 Å². The Balaban J connectivity index is 1.60. The van der Waals surface area contributed by atoms with Crippen molar-refractivity contribution in [1.29, 1.82) is 0 Å². The Kier molecular flexibility index (Phi) is 7.60. The Labute approximate surface area is 200 Å². The number of pyridine rings is 1. The molecule has 3 aromatic rings. The number of aromatic nitrogens is 3. The van der Waals surface area contributed by atoms with Gasteiger partial charge in [-0.1, -0.05) is 29.3 Å². The molecule has 0 bridgehead atoms. The van der Waals surface area contributed by atoms with Crippen LogP contribution in [0, 0.1) is 0 Å². The van der Waals surface area contributed by atoms with Gasteiger partial charge in [0.1, 0.15) is 6.17 Å². The molecule has 0 amide bonds. The second-order valence-corrected chi connectivity index (χ2v) is 8.57. The van der Waals surface area contributed by atoms with Crippen molar-refractivity contribution in [3.05, 3.63) is 74.8 Å². The molecule has 1 aromatic carbocycles. The standard InChI is InChI=1S/C23H23Cl2FN4O3/c24-16-2-1-15(11-17(16)25)21(5-9-31)30-8-4-14(12-22(30)32)19-3-7-27-23(28-19)29-20-6-10-33-13-18(20)26/h1-4,7-8,11-12,18,20-21,31H,5-6,9-10,13H2,(H,27,28,29)/t18-,20+,21-/m1/s1. The van der Waals surface area contributed by atoms with Crippen molar-refractivity contribution in [2.24, 2.45) is 0 Å². The zero-order chi connectivity index (χ0) is 23.4. The molecule has 1 aliphatic heterocycles. The van der Waals surface area contributed by atoms with Gasteiger partial charge in [-0.05, 0) is 42.7 Å². The third-order valence-corrected chi connectivity index (χ3v) is 6.31. The summed E-state index contributed by atoms with van der Waals surface area (Å²) < 4.78 is 20.7. The van der Waals surface area contributed by atoms with Crippen molar-refractivity contribution in [1.82, 2.24) is 14.5 Å². The zero-order valence-electron chi connectivity index (χ0n) is 17.6. The monoisotopic (exact) mass is 492 g/mol. The second kappa shape index (κ2) is 10.6. The minimum Gasteiger partial charge on any atom is -0.396 e. The largest absolute Gasteiger partial charge is 0.396 e. The molecule has 33 heavy (non-hydrogen) atoms. The molecule has 3 atom stereocenters. The van der Waals surface area contributed by atoms with Crippen LogP contribution in [0.15, 0.2) is 53.6 Å². The van der Waals surface area contributed by atoms with Crippen LogP contribution in [0.5, 0.6) is 0 Å². The first-order valence-corrected chi connectivity index (χ1v) is 11.3. The van der Waals surface area contributed by atoms with E-state index >= 15 is 0 Å². The van der Waals surface area contributed by atoms with Gasteiger partial charge in [0.05, 0.1) is 34.4 Å². The fourth-order valence-electron chi connectivity index (χ4n) is 3.84. The lowest BCUT2D eigenvalue weighted by Gasteiger charge is -2.26. The average Bonchev–Trinajstić information content (AvgIpc) is 2.81. The van der Waals surface area contributed by atoms with E-state index in [1.807, 2.05) is 0 Å². The molecule has 10 heteroatoms. The van der Waals surface area contributed by atoms with Crippen molar-refractivity contribution in [2.75, 3.05) is 25.1 Å². The van der Waals surface area contributed by atoms with Crippen LogP contribution in [-0.2, 0) is 4.74 Å². The van der Waals surface area contributed by atoms with Crippen LogP contribution in [0.25, 0.3) is 11.3 Å². The number of alkyl halides is 1. The fourth-order valence-corrected chi connectivity index (χ4v) is 4.14. The summed E-state index contributed by atoms with van der Waals surface area (Å²) in [6.45, 7) is 0.412. The van der Waals surface area contributed by atoms with Gasteiger partial charge in [0, 0.05) is 37.2 Å². The number of aliphatic hydroxyl groups excluding tert-OH is 1. The molecule has 3 heterocycles. The summed E-state index contributed by atoms with van der Waals surface area (Å²) in [6.07, 6.45) is 2.93. The number of anilines is 1. The average molecular weight is 493 g/mol. The van der Waals surface area contributed by atoms with Gasteiger partial charge < -0.3 is 19.7 Å². The van der Waals surface area contributed by atoms with Crippen LogP contribution >= 0.6 is 23.2 Å². The fraction of sp³-hybridized carbons (Fsp3) is 0.348. The summed E-state index contributed by atoms with van der Waals surface area (Å²) in [4.78, 5) is 21.6. The molecule has 7 nitrogen and oxygen atoms in total. The van der Waals surface area contributed by atoms with E-state index in [4.69, 9.17) is 27.9 Å². The maximum absolute atomic E-state index is 14.1. The minimum atomic E-state index is -1.14. The van der Waals surface area contributed by atoms with Gasteiger partial charge in [0.2, 0.25) is 5.95 Å². The summed E-state index contributed by atoms with van der Waals surface area (Å²) in [5.74, 6) is 0.292. The third kappa shape index (κ3) is 5.52. The Bertz CT molecular complexity index is 1180. The molecule has 0 spiro atoms. The van der Waals surface area contributed by atoms with E-state index in [9.17, 15) is 14.3 Å². The van der Waals surface area contributed by atoms with Gasteiger partial charge >= 0.3 is 0 Å². The molecule has 2 N–H and O–H groups in total. The summed E-state index contributed by atoms with van der Waals surface area (Å²) in [7, 11) is 0. The molecular formula is C23H23Cl2FN4O3. The van der Waals surface area contributed by atoms with Crippen molar-refractivity contribution in [3.8, 4) is 11.3 Å². The van der Waals surface area contributed by atoms with E-state index in [-0.39, 0.29) is 18.8 Å². The van der Waals surface area contributed by atoms with E-state index in [1.54, 1.807) is 42.7 Å². The molecule has 0 radical (unpaired) electrons. The minimum absolute atomic E-state index is 0.0451. The maximum Gasteiger partial charge on any atom is 0.251 e. The molecule has 0 unspecified atom stereocenters. The van der Waals surface area contributed by atoms with Gasteiger partial charge in [0.25, 0.3) is 5.56 Å². The number of hydrogen-bond acceptors (Lipinski definition) is 6. The molecule has 2 aromatic heterocycles. The number of nitrogens with one attached hydrogen (secondary N) is 1. The Morgan fingerprint density at radius 1 is 1.24 bits per heavy atom. The lowest BCUT2D eigenvalue weighted by Crippen LogP contribution is -2.39. The van der Waals surface area contributed by atoms with E-state index in [0.717, 1.165) is 5.56 Å². The predicted octanol–water partition coefficient (Wildman–Crippen LogP) is 4.12. The van der Waals surface area contributed by atoms with Crippen LogP contribution in [0.2, 0.25) is 10.0 Å². The number of aliphatic hydroxyl groups is 1. The van der Waals surface area contributed by atoms with Crippen molar-refractivity contribution in [2.45, 2.75) is 31.1 Å². The van der Waals surface area contributed by atoms with E-state index in [0.29, 0.717) is 46.7 Å². The third-order valence-electron chi connectivity index (χ3n) is 5.57. The van der Waals surface area contributed by atoms with E-state index in [1.165, 1.54) is 10.6 Å². The molecule has 1 saturated heterocycles. The van der Waals surface area contributed by atoms with Crippen molar-refractivity contribution >= 4 is 29.2 Å². The number of benzene rings is 1. The van der Waals surface area contributed by atoms with Crippen molar-refractivity contribution < 1.29 is 14.2 Å². The molecule has 1 aliphatic rings. The van der Waals surface area contributed by atoms with Crippen LogP contribution in [0.1, 0.15) is 24.4 Å². The van der Waals surface area contributed by atoms with Gasteiger partial charge in [-0.25, -0.2) is 14.4 Å². The highest BCUT2D eigenvalue weighted by Gasteiger charge is 2.26. The van der Waals surface area contributed by atoms with Gasteiger partial charge in [-0.2, -0.15) is 0 Å². The zero-order valence-corrected chi connectivity index (χ0v) is 19.1. The topological polar surface area (TPSA) is 89.3 Å². The number of nitrogens with zero attached hydrogens (tertiary/aromatic N) is 3. The van der Waals surface area contributed by atoms with Gasteiger partial charge in [0.15, 0.2) is 0 Å². The molecule has 174 valence electrons. The summed E-state index contributed by atoms with van der Waals surface area (Å²) >= 11 is 12.2. The Morgan fingerprint density at radius 2 is 2.09 bits per heavy atom. The first-order valence-electron chi connectivity index (χ1n) is 10.6. The van der Waals surface area contributed by atoms with E-state index in [2.05, 4.69) is 15.3 Å². The highest BCUT2D eigenvalue weighted by Crippen LogP contribution is 2.29. The van der Waals surface area contributed by atoms with Gasteiger partial charge in [-0.3, -0.25) is 4.79 Å². The molecule has 4 rings (SSSR count). The van der Waals surface area contributed by atoms with Crippen LogP contribution < -0.4 is 10.9 Å². The summed E-state index contributed by atoms with van der Waals surface area (Å²) in [5, 5.41) is 13.4.